The number of carbonyl (C=O) groups excluding carboxylic acids is 4. The number of primary amides is 1. The maximum Gasteiger partial charge on any atom is 0.272 e. The molecule has 174 valence electrons. The van der Waals surface area contributed by atoms with Gasteiger partial charge in [-0.3, -0.25) is 19.2 Å². The second-order valence-corrected chi connectivity index (χ2v) is 7.55. The number of hydrogen-bond acceptors (Lipinski definition) is 5. The van der Waals surface area contributed by atoms with Gasteiger partial charge in [-0.2, -0.15) is 0 Å². The van der Waals surface area contributed by atoms with Gasteiger partial charge in [0.05, 0.1) is 17.1 Å². The Balaban J connectivity index is 1.68. The van der Waals surface area contributed by atoms with Crippen molar-refractivity contribution >= 4 is 40.7 Å². The summed E-state index contributed by atoms with van der Waals surface area (Å²) in [7, 11) is 1.71. The highest BCUT2D eigenvalue weighted by atomic mass is 16.2. The molecule has 0 saturated heterocycles. The molecule has 3 heterocycles. The molecule has 3 aromatic heterocycles. The molecule has 0 spiro atoms. The van der Waals surface area contributed by atoms with Gasteiger partial charge in [0.2, 0.25) is 5.91 Å². The number of nitrogens with one attached hydrogen (secondary N) is 5. The third kappa shape index (κ3) is 5.06. The van der Waals surface area contributed by atoms with E-state index in [9.17, 15) is 19.2 Å². The summed E-state index contributed by atoms with van der Waals surface area (Å²) >= 11 is 0. The molecule has 0 aliphatic heterocycles. The van der Waals surface area contributed by atoms with E-state index in [1.54, 1.807) is 37.7 Å². The lowest BCUT2D eigenvalue weighted by Gasteiger charge is -2.07. The predicted molar refractivity (Wildman–Crippen MR) is 123 cm³/mol. The molecule has 9 N–H and O–H groups in total. The number of nitrogens with zero attached hydrogens (tertiary/aromatic N) is 1. The number of carbonyl (C=O) groups is 4. The van der Waals surface area contributed by atoms with Crippen LogP contribution in [0, 0.1) is 13.8 Å². The smallest absolute Gasteiger partial charge is 0.272 e. The van der Waals surface area contributed by atoms with Crippen molar-refractivity contribution in [2.45, 2.75) is 20.3 Å². The predicted octanol–water partition coefficient (Wildman–Crippen LogP) is 0.990. The number of aromatic amines is 2. The molecule has 0 fully saturated rings. The molecule has 0 unspecified atom stereocenters. The van der Waals surface area contributed by atoms with Crippen molar-refractivity contribution in [2.75, 3.05) is 22.9 Å². The minimum Gasteiger partial charge on any atom is -0.397 e. The standard InChI is InChI=1S/C21H26N8O4/c1-10-14(8-25-17(10)20(32)24-5-4-16(23)30)28-21(33)18-11(2)13(7-26-18)27-19(31)15-6-12(22)9-29(15)3/h6-9,25-26H,4-5,22H2,1-3H3,(H2,23,30)(H,24,32)(H,27,31)(H,28,33). The molecule has 0 atom stereocenters. The minimum absolute atomic E-state index is 0.0253. The summed E-state index contributed by atoms with van der Waals surface area (Å²) in [6, 6.07) is 1.56. The van der Waals surface area contributed by atoms with Gasteiger partial charge in [0, 0.05) is 49.7 Å². The summed E-state index contributed by atoms with van der Waals surface area (Å²) in [5, 5.41) is 8.08. The summed E-state index contributed by atoms with van der Waals surface area (Å²) in [6.45, 7) is 3.48. The third-order valence-electron chi connectivity index (χ3n) is 5.15. The van der Waals surface area contributed by atoms with Gasteiger partial charge in [-0.1, -0.05) is 0 Å². The van der Waals surface area contributed by atoms with E-state index in [-0.39, 0.29) is 30.3 Å². The lowest BCUT2D eigenvalue weighted by molar-refractivity contribution is -0.117. The first kappa shape index (κ1) is 23.2. The highest BCUT2D eigenvalue weighted by Gasteiger charge is 2.20. The van der Waals surface area contributed by atoms with Gasteiger partial charge < -0.3 is 42.0 Å². The van der Waals surface area contributed by atoms with Crippen LogP contribution in [0.1, 0.15) is 49.0 Å². The van der Waals surface area contributed by atoms with Crippen molar-refractivity contribution < 1.29 is 19.2 Å². The second kappa shape index (κ2) is 9.34. The third-order valence-corrected chi connectivity index (χ3v) is 5.15. The zero-order valence-corrected chi connectivity index (χ0v) is 18.5. The van der Waals surface area contributed by atoms with Crippen LogP contribution in [-0.4, -0.2) is 44.7 Å². The number of amides is 4. The Morgan fingerprint density at radius 2 is 1.48 bits per heavy atom. The van der Waals surface area contributed by atoms with Gasteiger partial charge in [-0.15, -0.1) is 0 Å². The topological polar surface area (TPSA) is 193 Å². The summed E-state index contributed by atoms with van der Waals surface area (Å²) in [6.07, 6.45) is 4.67. The zero-order valence-electron chi connectivity index (χ0n) is 18.5. The Kier molecular flexibility index (Phi) is 6.56. The summed E-state index contributed by atoms with van der Waals surface area (Å²) in [5.41, 5.74) is 14.1. The van der Waals surface area contributed by atoms with Crippen LogP contribution in [0.15, 0.2) is 24.7 Å². The van der Waals surface area contributed by atoms with Gasteiger partial charge in [-0.05, 0) is 19.9 Å². The molecule has 0 saturated carbocycles. The van der Waals surface area contributed by atoms with Crippen LogP contribution in [0.3, 0.4) is 0 Å². The first-order valence-electron chi connectivity index (χ1n) is 10.1. The van der Waals surface area contributed by atoms with Gasteiger partial charge in [0.25, 0.3) is 17.7 Å². The summed E-state index contributed by atoms with van der Waals surface area (Å²) in [5.74, 6) is -1.75. The molecular formula is C21H26N8O4. The fourth-order valence-electron chi connectivity index (χ4n) is 3.30. The molecule has 12 heteroatoms. The summed E-state index contributed by atoms with van der Waals surface area (Å²) in [4.78, 5) is 54.1. The first-order valence-corrected chi connectivity index (χ1v) is 10.1. The maximum atomic E-state index is 12.8. The molecule has 4 amide bonds. The van der Waals surface area contributed by atoms with Gasteiger partial charge >= 0.3 is 0 Å². The minimum atomic E-state index is -0.517. The van der Waals surface area contributed by atoms with E-state index in [1.807, 2.05) is 0 Å². The highest BCUT2D eigenvalue weighted by molar-refractivity contribution is 6.09. The molecule has 0 aliphatic rings. The average molecular weight is 454 g/mol. The number of hydrogen-bond donors (Lipinski definition) is 7. The molecular weight excluding hydrogens is 428 g/mol. The van der Waals surface area contributed by atoms with Crippen molar-refractivity contribution in [3.05, 3.63) is 52.9 Å². The molecule has 0 aromatic carbocycles. The van der Waals surface area contributed by atoms with E-state index in [0.717, 1.165) is 0 Å². The maximum absolute atomic E-state index is 12.8. The Morgan fingerprint density at radius 1 is 0.939 bits per heavy atom. The molecule has 0 radical (unpaired) electrons. The van der Waals surface area contributed by atoms with Crippen molar-refractivity contribution in [3.8, 4) is 0 Å². The van der Waals surface area contributed by atoms with E-state index in [4.69, 9.17) is 11.5 Å². The van der Waals surface area contributed by atoms with Crippen molar-refractivity contribution in [2.24, 2.45) is 12.8 Å². The van der Waals surface area contributed by atoms with Crippen LogP contribution in [-0.2, 0) is 11.8 Å². The largest absolute Gasteiger partial charge is 0.397 e. The van der Waals surface area contributed by atoms with E-state index >= 15 is 0 Å². The number of aromatic nitrogens is 3. The van der Waals surface area contributed by atoms with E-state index < -0.39 is 17.7 Å². The molecule has 12 nitrogen and oxygen atoms in total. The lowest BCUT2D eigenvalue weighted by Crippen LogP contribution is -2.28. The Hall–Kier alpha value is -4.48. The number of nitrogens with two attached hydrogens (primary N) is 2. The number of anilines is 3. The SMILES string of the molecule is Cc1c(NC(=O)c2[nH]cc(NC(=O)c3cc(N)cn3C)c2C)c[nH]c1C(=O)NCCC(N)=O. The van der Waals surface area contributed by atoms with Crippen LogP contribution in [0.5, 0.6) is 0 Å². The fourth-order valence-corrected chi connectivity index (χ4v) is 3.30. The monoisotopic (exact) mass is 454 g/mol. The first-order chi connectivity index (χ1) is 15.6. The average Bonchev–Trinajstić information content (AvgIpc) is 3.39. The molecule has 3 aromatic rings. The van der Waals surface area contributed by atoms with Crippen molar-refractivity contribution in [3.63, 3.8) is 0 Å². The summed E-state index contributed by atoms with van der Waals surface area (Å²) < 4.78 is 1.61. The van der Waals surface area contributed by atoms with E-state index in [1.165, 1.54) is 12.4 Å². The van der Waals surface area contributed by atoms with Crippen LogP contribution in [0.25, 0.3) is 0 Å². The number of aryl methyl sites for hydroxylation is 1. The molecule has 0 aliphatic carbocycles. The Bertz CT molecular complexity index is 1230. The van der Waals surface area contributed by atoms with Crippen molar-refractivity contribution in [1.82, 2.24) is 19.9 Å². The van der Waals surface area contributed by atoms with Crippen LogP contribution >= 0.6 is 0 Å². The quantitative estimate of drug-likeness (QED) is 0.266. The number of nitrogen functional groups attached to an aromatic ring is 1. The van der Waals surface area contributed by atoms with Gasteiger partial charge in [-0.25, -0.2) is 0 Å². The van der Waals surface area contributed by atoms with E-state index in [0.29, 0.717) is 33.9 Å². The van der Waals surface area contributed by atoms with Gasteiger partial charge in [0.1, 0.15) is 17.1 Å². The lowest BCUT2D eigenvalue weighted by atomic mass is 10.2. The molecule has 3 rings (SSSR count). The van der Waals surface area contributed by atoms with E-state index in [2.05, 4.69) is 25.9 Å². The fraction of sp³-hybridized carbons (Fsp3) is 0.238. The van der Waals surface area contributed by atoms with Gasteiger partial charge in [0.15, 0.2) is 0 Å². The number of H-pyrrole nitrogens is 2. The van der Waals surface area contributed by atoms with Crippen LogP contribution in [0.4, 0.5) is 17.1 Å². The normalized spacial score (nSPS) is 10.6. The number of rotatable bonds is 8. The second-order valence-electron chi connectivity index (χ2n) is 7.55. The Morgan fingerprint density at radius 3 is 2.00 bits per heavy atom. The van der Waals surface area contributed by atoms with Crippen LogP contribution in [0.2, 0.25) is 0 Å². The molecule has 0 bridgehead atoms. The van der Waals surface area contributed by atoms with Crippen LogP contribution < -0.4 is 27.4 Å². The highest BCUT2D eigenvalue weighted by Crippen LogP contribution is 2.23. The zero-order chi connectivity index (χ0) is 24.3. The Labute approximate surface area is 189 Å². The molecule has 33 heavy (non-hydrogen) atoms. The van der Waals surface area contributed by atoms with Crippen molar-refractivity contribution in [1.29, 1.82) is 0 Å².